The van der Waals surface area contributed by atoms with Crippen LogP contribution in [0, 0.1) is 12.8 Å². The van der Waals surface area contributed by atoms with Crippen molar-refractivity contribution in [1.82, 2.24) is 19.7 Å². The lowest BCUT2D eigenvalue weighted by Crippen LogP contribution is -2.36. The number of carbonyl (C=O) groups is 2. The molecule has 1 aliphatic heterocycles. The van der Waals surface area contributed by atoms with Crippen LogP contribution in [0.3, 0.4) is 0 Å². The lowest BCUT2D eigenvalue weighted by molar-refractivity contribution is -0.192. The molecule has 1 saturated carbocycles. The number of alkyl halides is 3. The Bertz CT molecular complexity index is 929. The van der Waals surface area contributed by atoms with Crippen LogP contribution in [0.1, 0.15) is 30.5 Å². The Morgan fingerprint density at radius 2 is 1.91 bits per heavy atom. The van der Waals surface area contributed by atoms with Crippen molar-refractivity contribution in [2.75, 3.05) is 24.5 Å². The van der Waals surface area contributed by atoms with Gasteiger partial charge in [-0.15, -0.1) is 0 Å². The maximum atomic E-state index is 12.6. The number of amides is 1. The summed E-state index contributed by atoms with van der Waals surface area (Å²) in [7, 11) is 0. The second-order valence-electron chi connectivity index (χ2n) is 7.96. The molecule has 2 aromatic heterocycles. The van der Waals surface area contributed by atoms with E-state index in [1.54, 1.807) is 6.20 Å². The number of carbonyl (C=O) groups excluding carboxylic acids is 1. The molecule has 8 nitrogen and oxygen atoms in total. The first-order valence-electron chi connectivity index (χ1n) is 10.4. The lowest BCUT2D eigenvalue weighted by Gasteiger charge is -2.24. The smallest absolute Gasteiger partial charge is 0.475 e. The number of carboxylic acid groups (broad SMARTS) is 1. The van der Waals surface area contributed by atoms with E-state index in [0.717, 1.165) is 43.3 Å². The Morgan fingerprint density at radius 1 is 1.19 bits per heavy atom. The van der Waals surface area contributed by atoms with Crippen LogP contribution in [0.4, 0.5) is 19.0 Å². The molecule has 0 saturated heterocycles. The minimum Gasteiger partial charge on any atom is -0.475 e. The predicted octanol–water partition coefficient (Wildman–Crippen LogP) is 2.87. The number of hydrogen-bond donors (Lipinski definition) is 1. The molecular formula is C21H26F3N5O3. The molecule has 4 rings (SSSR count). The van der Waals surface area contributed by atoms with Crippen LogP contribution in [-0.4, -0.2) is 62.5 Å². The Hall–Kier alpha value is -3.11. The van der Waals surface area contributed by atoms with E-state index >= 15 is 0 Å². The SMILES string of the molecule is Cc1ccc2c(n1)N(CCn1cccn1)CCN(C(=O)CC1CC1)C2.O=C(O)C(F)(F)F. The van der Waals surface area contributed by atoms with Crippen LogP contribution in [0.15, 0.2) is 30.6 Å². The van der Waals surface area contributed by atoms with Crippen molar-refractivity contribution in [3.8, 4) is 0 Å². The zero-order valence-electron chi connectivity index (χ0n) is 17.8. The molecule has 2 aliphatic rings. The number of nitrogens with zero attached hydrogens (tertiary/aromatic N) is 5. The molecule has 0 aromatic carbocycles. The molecule has 1 fully saturated rings. The number of rotatable bonds is 5. The summed E-state index contributed by atoms with van der Waals surface area (Å²) >= 11 is 0. The monoisotopic (exact) mass is 453 g/mol. The lowest BCUT2D eigenvalue weighted by atomic mass is 10.2. The van der Waals surface area contributed by atoms with E-state index in [0.29, 0.717) is 24.8 Å². The summed E-state index contributed by atoms with van der Waals surface area (Å²) in [6.07, 6.45) is 1.84. The molecular weight excluding hydrogens is 427 g/mol. The highest BCUT2D eigenvalue weighted by molar-refractivity contribution is 5.77. The van der Waals surface area contributed by atoms with Gasteiger partial charge in [0.15, 0.2) is 0 Å². The second-order valence-corrected chi connectivity index (χ2v) is 7.96. The zero-order chi connectivity index (χ0) is 23.3. The normalized spacial score (nSPS) is 16.0. The van der Waals surface area contributed by atoms with Crippen LogP contribution in [0.2, 0.25) is 0 Å². The standard InChI is InChI=1S/C19H25N5O.C2HF3O2/c1-15-3-6-17-14-23(18(25)13-16-4-5-16)10-9-22(19(17)21-15)11-12-24-8-2-7-20-24;3-2(4,5)1(6)7/h2-3,6-8,16H,4-5,9-14H2,1H3;(H,6,7). The predicted molar refractivity (Wildman–Crippen MR) is 110 cm³/mol. The van der Waals surface area contributed by atoms with Crippen LogP contribution in [-0.2, 0) is 22.7 Å². The molecule has 11 heteroatoms. The molecule has 2 aromatic rings. The Labute approximate surface area is 183 Å². The summed E-state index contributed by atoms with van der Waals surface area (Å²) in [5, 5.41) is 11.4. The van der Waals surface area contributed by atoms with Crippen molar-refractivity contribution in [2.24, 2.45) is 5.92 Å². The van der Waals surface area contributed by atoms with Gasteiger partial charge in [-0.1, -0.05) is 6.07 Å². The molecule has 3 heterocycles. The average Bonchev–Trinajstić information content (AvgIpc) is 3.42. The van der Waals surface area contributed by atoms with E-state index in [9.17, 15) is 18.0 Å². The van der Waals surface area contributed by atoms with E-state index in [1.807, 2.05) is 34.8 Å². The van der Waals surface area contributed by atoms with Gasteiger partial charge in [-0.25, -0.2) is 9.78 Å². The highest BCUT2D eigenvalue weighted by atomic mass is 19.4. The number of aromatic nitrogens is 3. The van der Waals surface area contributed by atoms with Gasteiger partial charge in [0, 0.05) is 56.3 Å². The molecule has 1 amide bonds. The minimum absolute atomic E-state index is 0.294. The third-order valence-electron chi connectivity index (χ3n) is 5.31. The van der Waals surface area contributed by atoms with Crippen LogP contribution in [0.5, 0.6) is 0 Å². The van der Waals surface area contributed by atoms with E-state index in [1.165, 1.54) is 12.8 Å². The highest BCUT2D eigenvalue weighted by Gasteiger charge is 2.38. The third kappa shape index (κ3) is 6.69. The van der Waals surface area contributed by atoms with Gasteiger partial charge in [-0.3, -0.25) is 9.48 Å². The van der Waals surface area contributed by atoms with Gasteiger partial charge in [0.1, 0.15) is 5.82 Å². The quantitative estimate of drug-likeness (QED) is 0.749. The summed E-state index contributed by atoms with van der Waals surface area (Å²) in [5.74, 6) is -0.813. The number of pyridine rings is 1. The van der Waals surface area contributed by atoms with Crippen LogP contribution < -0.4 is 4.90 Å². The summed E-state index contributed by atoms with van der Waals surface area (Å²) in [6.45, 7) is 5.94. The van der Waals surface area contributed by atoms with E-state index in [2.05, 4.69) is 16.1 Å². The van der Waals surface area contributed by atoms with E-state index < -0.39 is 12.1 Å². The molecule has 1 aliphatic carbocycles. The first-order chi connectivity index (χ1) is 15.1. The fourth-order valence-electron chi connectivity index (χ4n) is 3.39. The maximum absolute atomic E-state index is 12.6. The Morgan fingerprint density at radius 3 is 2.50 bits per heavy atom. The summed E-state index contributed by atoms with van der Waals surface area (Å²) < 4.78 is 33.7. The van der Waals surface area contributed by atoms with Crippen LogP contribution >= 0.6 is 0 Å². The number of fused-ring (bicyclic) bond motifs is 1. The average molecular weight is 453 g/mol. The fraction of sp³-hybridized carbons (Fsp3) is 0.524. The molecule has 0 unspecified atom stereocenters. The van der Waals surface area contributed by atoms with Crippen LogP contribution in [0.25, 0.3) is 0 Å². The molecule has 174 valence electrons. The fourth-order valence-corrected chi connectivity index (χ4v) is 3.39. The number of anilines is 1. The zero-order valence-corrected chi connectivity index (χ0v) is 17.8. The largest absolute Gasteiger partial charge is 0.490 e. The minimum atomic E-state index is -5.08. The Kier molecular flexibility index (Phi) is 7.37. The van der Waals surface area contributed by atoms with Gasteiger partial charge in [0.25, 0.3) is 0 Å². The summed E-state index contributed by atoms with van der Waals surface area (Å²) in [4.78, 5) is 30.6. The molecule has 0 radical (unpaired) electrons. The number of halogens is 3. The number of aryl methyl sites for hydroxylation is 1. The number of hydrogen-bond acceptors (Lipinski definition) is 5. The third-order valence-corrected chi connectivity index (χ3v) is 5.31. The van der Waals surface area contributed by atoms with Gasteiger partial charge in [-0.2, -0.15) is 18.3 Å². The Balaban J connectivity index is 0.000000360. The van der Waals surface area contributed by atoms with Crippen molar-refractivity contribution in [3.63, 3.8) is 0 Å². The number of aliphatic carboxylic acids is 1. The first-order valence-corrected chi connectivity index (χ1v) is 10.4. The van der Waals surface area contributed by atoms with Gasteiger partial charge in [-0.05, 0) is 37.8 Å². The summed E-state index contributed by atoms with van der Waals surface area (Å²) in [6, 6.07) is 6.11. The first kappa shape index (κ1) is 23.6. The van der Waals surface area contributed by atoms with Gasteiger partial charge in [0.05, 0.1) is 6.54 Å². The van der Waals surface area contributed by atoms with E-state index in [4.69, 9.17) is 14.9 Å². The maximum Gasteiger partial charge on any atom is 0.490 e. The van der Waals surface area contributed by atoms with E-state index in [-0.39, 0.29) is 0 Å². The molecule has 0 spiro atoms. The van der Waals surface area contributed by atoms with Crippen molar-refractivity contribution in [1.29, 1.82) is 0 Å². The molecule has 0 atom stereocenters. The summed E-state index contributed by atoms with van der Waals surface area (Å²) in [5.41, 5.74) is 2.16. The molecule has 1 N–H and O–H groups in total. The molecule has 0 bridgehead atoms. The second kappa shape index (κ2) is 10.0. The molecule has 32 heavy (non-hydrogen) atoms. The van der Waals surface area contributed by atoms with Crippen molar-refractivity contribution in [3.05, 3.63) is 41.9 Å². The van der Waals surface area contributed by atoms with Crippen molar-refractivity contribution >= 4 is 17.7 Å². The van der Waals surface area contributed by atoms with Crippen molar-refractivity contribution in [2.45, 2.75) is 45.5 Å². The van der Waals surface area contributed by atoms with Gasteiger partial charge in [0.2, 0.25) is 5.91 Å². The highest BCUT2D eigenvalue weighted by Crippen LogP contribution is 2.33. The van der Waals surface area contributed by atoms with Gasteiger partial charge >= 0.3 is 12.1 Å². The number of carboxylic acids is 1. The topological polar surface area (TPSA) is 91.6 Å². The van der Waals surface area contributed by atoms with Crippen molar-refractivity contribution < 1.29 is 27.9 Å². The van der Waals surface area contributed by atoms with Gasteiger partial charge < -0.3 is 14.9 Å².